The second kappa shape index (κ2) is 9.16. The molecular weight excluding hydrogens is 479 g/mol. The number of benzene rings is 1. The molecule has 1 fully saturated rings. The van der Waals surface area contributed by atoms with E-state index < -0.39 is 23.1 Å². The van der Waals surface area contributed by atoms with E-state index >= 15 is 0 Å². The summed E-state index contributed by atoms with van der Waals surface area (Å²) in [4.78, 5) is 31.5. The Morgan fingerprint density at radius 1 is 1.26 bits per heavy atom. The van der Waals surface area contributed by atoms with Crippen LogP contribution in [-0.4, -0.2) is 61.6 Å². The van der Waals surface area contributed by atoms with Crippen molar-refractivity contribution in [3.05, 3.63) is 51.9 Å². The maximum atomic E-state index is 13.9. The maximum Gasteiger partial charge on any atom is 0.410 e. The molecule has 188 valence electrons. The number of carbonyl (C=O) groups is 1. The zero-order valence-corrected chi connectivity index (χ0v) is 20.8. The molecule has 3 heterocycles. The summed E-state index contributed by atoms with van der Waals surface area (Å²) in [5.41, 5.74) is -1.37. The number of hydrogen-bond donors (Lipinski definition) is 1. The highest BCUT2D eigenvalue weighted by Gasteiger charge is 2.36. The first-order valence-electron chi connectivity index (χ1n) is 11.2. The molecule has 0 saturated carbocycles. The number of hydrogen-bond acceptors (Lipinski definition) is 6. The Labute approximate surface area is 206 Å². The predicted octanol–water partition coefficient (Wildman–Crippen LogP) is 3.75. The van der Waals surface area contributed by atoms with Gasteiger partial charge < -0.3 is 19.5 Å². The summed E-state index contributed by atoms with van der Waals surface area (Å²) >= 11 is 6.41. The SMILES string of the molecule is COc1cc(-n2c(Cl)cc3c(=O)n(CC4(O)CCN(C(=O)OC(C)(C)C)CC4)cnc32)ccc1F. The van der Waals surface area contributed by atoms with Crippen LogP contribution in [-0.2, 0) is 11.3 Å². The molecule has 1 aliphatic heterocycles. The number of amides is 1. The topological polar surface area (TPSA) is 98.8 Å². The quantitative estimate of drug-likeness (QED) is 0.578. The molecule has 1 aromatic carbocycles. The van der Waals surface area contributed by atoms with E-state index in [9.17, 15) is 19.1 Å². The monoisotopic (exact) mass is 506 g/mol. The van der Waals surface area contributed by atoms with Crippen LogP contribution in [0.2, 0.25) is 5.15 Å². The van der Waals surface area contributed by atoms with Crippen molar-refractivity contribution in [2.24, 2.45) is 0 Å². The number of carbonyl (C=O) groups excluding carboxylic acids is 1. The molecule has 3 aromatic rings. The van der Waals surface area contributed by atoms with Crippen molar-refractivity contribution >= 4 is 28.7 Å². The standard InChI is InChI=1S/C24H28ClFN4O5/c1-23(2,3)35-22(32)28-9-7-24(33,8-10-28)13-29-14-27-20-16(21(29)31)12-19(25)30(20)15-5-6-17(26)18(11-15)34-4/h5-6,11-12,14,33H,7-10,13H2,1-4H3. The average Bonchev–Trinajstić information content (AvgIpc) is 3.12. The van der Waals surface area contributed by atoms with Gasteiger partial charge in [0.2, 0.25) is 0 Å². The van der Waals surface area contributed by atoms with Crippen molar-refractivity contribution in [2.75, 3.05) is 20.2 Å². The summed E-state index contributed by atoms with van der Waals surface area (Å²) in [6.07, 6.45) is 1.51. The first-order chi connectivity index (χ1) is 16.4. The Balaban J connectivity index is 1.57. The molecule has 1 amide bonds. The zero-order chi connectivity index (χ0) is 25.5. The third-order valence-electron chi connectivity index (χ3n) is 5.94. The first kappa shape index (κ1) is 25.0. The number of piperidine rings is 1. The molecule has 0 aliphatic carbocycles. The van der Waals surface area contributed by atoms with Gasteiger partial charge >= 0.3 is 6.09 Å². The van der Waals surface area contributed by atoms with Gasteiger partial charge in [0.15, 0.2) is 17.2 Å². The van der Waals surface area contributed by atoms with Crippen molar-refractivity contribution in [3.63, 3.8) is 0 Å². The zero-order valence-electron chi connectivity index (χ0n) is 20.0. The van der Waals surface area contributed by atoms with Gasteiger partial charge in [-0.3, -0.25) is 13.9 Å². The van der Waals surface area contributed by atoms with E-state index in [1.807, 2.05) is 0 Å². The van der Waals surface area contributed by atoms with E-state index in [2.05, 4.69) is 4.98 Å². The first-order valence-corrected chi connectivity index (χ1v) is 11.6. The van der Waals surface area contributed by atoms with Crippen molar-refractivity contribution < 1.29 is 23.8 Å². The Kier molecular flexibility index (Phi) is 6.54. The third-order valence-corrected chi connectivity index (χ3v) is 6.22. The van der Waals surface area contributed by atoms with Crippen LogP contribution < -0.4 is 10.3 Å². The smallest absolute Gasteiger partial charge is 0.410 e. The number of ether oxygens (including phenoxy) is 2. The lowest BCUT2D eigenvalue weighted by Crippen LogP contribution is -2.50. The van der Waals surface area contributed by atoms with E-state index in [1.165, 1.54) is 46.8 Å². The fraction of sp³-hybridized carbons (Fsp3) is 0.458. The van der Waals surface area contributed by atoms with Crippen molar-refractivity contribution in [1.82, 2.24) is 19.0 Å². The van der Waals surface area contributed by atoms with Gasteiger partial charge in [0, 0.05) is 19.2 Å². The summed E-state index contributed by atoms with van der Waals surface area (Å²) < 4.78 is 27.2. The summed E-state index contributed by atoms with van der Waals surface area (Å²) in [6.45, 7) is 6.03. The highest BCUT2D eigenvalue weighted by Crippen LogP contribution is 2.29. The van der Waals surface area contributed by atoms with E-state index in [4.69, 9.17) is 21.1 Å². The molecule has 1 aliphatic rings. The maximum absolute atomic E-state index is 13.9. The van der Waals surface area contributed by atoms with E-state index in [0.717, 1.165) is 0 Å². The lowest BCUT2D eigenvalue weighted by Gasteiger charge is -2.38. The molecule has 0 radical (unpaired) electrons. The lowest BCUT2D eigenvalue weighted by atomic mass is 9.91. The number of rotatable bonds is 4. The minimum Gasteiger partial charge on any atom is -0.494 e. The van der Waals surface area contributed by atoms with Crippen molar-refractivity contribution in [3.8, 4) is 11.4 Å². The molecule has 0 unspecified atom stereocenters. The number of fused-ring (bicyclic) bond motifs is 1. The van der Waals surface area contributed by atoms with Crippen molar-refractivity contribution in [1.29, 1.82) is 0 Å². The molecule has 1 N–H and O–H groups in total. The Bertz CT molecular complexity index is 1320. The molecule has 0 atom stereocenters. The van der Waals surface area contributed by atoms with Crippen LogP contribution in [0.1, 0.15) is 33.6 Å². The second-order valence-electron chi connectivity index (χ2n) is 9.73. The number of aliphatic hydroxyl groups is 1. The third kappa shape index (κ3) is 5.13. The molecule has 9 nitrogen and oxygen atoms in total. The number of methoxy groups -OCH3 is 1. The molecule has 4 rings (SSSR count). The molecule has 0 spiro atoms. The van der Waals surface area contributed by atoms with Crippen molar-refractivity contribution in [2.45, 2.75) is 51.4 Å². The van der Waals surface area contributed by atoms with E-state index in [0.29, 0.717) is 24.4 Å². The van der Waals surface area contributed by atoms with Crippen LogP contribution in [0.3, 0.4) is 0 Å². The minimum absolute atomic E-state index is 0.0180. The van der Waals surface area contributed by atoms with Gasteiger partial charge in [-0.25, -0.2) is 14.2 Å². The van der Waals surface area contributed by atoms with Crippen LogP contribution >= 0.6 is 11.6 Å². The normalized spacial score (nSPS) is 15.9. The molecule has 0 bridgehead atoms. The molecule has 35 heavy (non-hydrogen) atoms. The largest absolute Gasteiger partial charge is 0.494 e. The predicted molar refractivity (Wildman–Crippen MR) is 129 cm³/mol. The van der Waals surface area contributed by atoms with Gasteiger partial charge in [-0.05, 0) is 51.8 Å². The highest BCUT2D eigenvalue weighted by molar-refractivity contribution is 6.31. The van der Waals surface area contributed by atoms with E-state index in [1.54, 1.807) is 25.7 Å². The van der Waals surface area contributed by atoms with Gasteiger partial charge in [0.25, 0.3) is 5.56 Å². The summed E-state index contributed by atoms with van der Waals surface area (Å²) in [5, 5.41) is 11.6. The summed E-state index contributed by atoms with van der Waals surface area (Å²) in [7, 11) is 1.36. The second-order valence-corrected chi connectivity index (χ2v) is 10.1. The van der Waals surface area contributed by atoms with Gasteiger partial charge in [-0.1, -0.05) is 11.6 Å². The Morgan fingerprint density at radius 2 is 1.94 bits per heavy atom. The molecular formula is C24H28ClFN4O5. The fourth-order valence-corrected chi connectivity index (χ4v) is 4.43. The Hall–Kier alpha value is -3.11. The van der Waals surface area contributed by atoms with Crippen LogP contribution in [0.15, 0.2) is 35.4 Å². The van der Waals surface area contributed by atoms with Gasteiger partial charge in [-0.2, -0.15) is 0 Å². The van der Waals surface area contributed by atoms with Gasteiger partial charge in [0.05, 0.1) is 30.3 Å². The van der Waals surface area contributed by atoms with Crippen LogP contribution in [0.25, 0.3) is 16.7 Å². The number of halogens is 2. The minimum atomic E-state index is -1.19. The number of likely N-dealkylation sites (tertiary alicyclic amines) is 1. The molecule has 2 aromatic heterocycles. The molecule has 11 heteroatoms. The van der Waals surface area contributed by atoms with Gasteiger partial charge in [-0.15, -0.1) is 0 Å². The Morgan fingerprint density at radius 3 is 2.57 bits per heavy atom. The van der Waals surface area contributed by atoms with Crippen LogP contribution in [0.4, 0.5) is 9.18 Å². The van der Waals surface area contributed by atoms with Crippen LogP contribution in [0.5, 0.6) is 5.75 Å². The fourth-order valence-electron chi connectivity index (χ4n) is 4.14. The number of aromatic nitrogens is 3. The van der Waals surface area contributed by atoms with Gasteiger partial charge in [0.1, 0.15) is 17.1 Å². The van der Waals surface area contributed by atoms with E-state index in [-0.39, 0.29) is 41.2 Å². The summed E-state index contributed by atoms with van der Waals surface area (Å²) in [5.74, 6) is -0.487. The number of nitrogens with zero attached hydrogens (tertiary/aromatic N) is 4. The lowest BCUT2D eigenvalue weighted by molar-refractivity contribution is -0.0419. The molecule has 1 saturated heterocycles. The summed E-state index contributed by atoms with van der Waals surface area (Å²) in [6, 6.07) is 5.72. The average molecular weight is 507 g/mol. The van der Waals surface area contributed by atoms with Crippen LogP contribution in [0, 0.1) is 5.82 Å². The highest BCUT2D eigenvalue weighted by atomic mass is 35.5.